The van der Waals surface area contributed by atoms with Crippen LogP contribution in [-0.2, 0) is 17.8 Å². The van der Waals surface area contributed by atoms with Gasteiger partial charge in [-0.2, -0.15) is 0 Å². The highest BCUT2D eigenvalue weighted by Crippen LogP contribution is 2.20. The summed E-state index contributed by atoms with van der Waals surface area (Å²) in [6.45, 7) is 8.43. The summed E-state index contributed by atoms with van der Waals surface area (Å²) < 4.78 is 2.32. The van der Waals surface area contributed by atoms with Gasteiger partial charge in [0.2, 0.25) is 0 Å². The molecule has 0 bridgehead atoms. The van der Waals surface area contributed by atoms with Gasteiger partial charge in [0, 0.05) is 25.1 Å². The van der Waals surface area contributed by atoms with Crippen LogP contribution in [-0.4, -0.2) is 33.3 Å². The summed E-state index contributed by atoms with van der Waals surface area (Å²) in [6, 6.07) is 6.51. The molecule has 0 unspecified atom stereocenters. The number of aryl methyl sites for hydroxylation is 2. The van der Waals surface area contributed by atoms with E-state index in [-0.39, 0.29) is 0 Å². The maximum Gasteiger partial charge on any atom is 0.267 e. The lowest BCUT2D eigenvalue weighted by molar-refractivity contribution is -0.124. The Balaban J connectivity index is 2.23. The molecular weight excluding hydrogens is 328 g/mol. The molecule has 26 heavy (non-hydrogen) atoms. The van der Waals surface area contributed by atoms with Crippen LogP contribution in [0.15, 0.2) is 24.3 Å². The van der Waals surface area contributed by atoms with Crippen LogP contribution in [0.3, 0.4) is 0 Å². The van der Waals surface area contributed by atoms with Gasteiger partial charge < -0.3 is 9.88 Å². The van der Waals surface area contributed by atoms with Gasteiger partial charge in [-0.15, -0.1) is 0 Å². The molecule has 1 aromatic heterocycles. The van der Waals surface area contributed by atoms with Crippen LogP contribution in [0.5, 0.6) is 0 Å². The molecule has 6 nitrogen and oxygen atoms in total. The van der Waals surface area contributed by atoms with E-state index < -0.39 is 5.91 Å². The number of imidazole rings is 1. The summed E-state index contributed by atoms with van der Waals surface area (Å²) in [7, 11) is 0. The van der Waals surface area contributed by atoms with Gasteiger partial charge in [-0.25, -0.2) is 10.5 Å². The number of fused-ring (bicyclic) bond motifs is 1. The Hall–Kier alpha value is -2.18. The molecule has 1 amide bonds. The fraction of sp³-hybridized carbons (Fsp3) is 0.500. The number of nitrogens with zero attached hydrogens (tertiary/aromatic N) is 2. The topological polar surface area (TPSA) is 79.2 Å². The molecular formula is C20H30N4O2. The van der Waals surface area contributed by atoms with Crippen molar-refractivity contribution in [3.63, 3.8) is 0 Å². The van der Waals surface area contributed by atoms with E-state index in [2.05, 4.69) is 36.7 Å². The van der Waals surface area contributed by atoms with E-state index in [9.17, 15) is 4.79 Å². The Bertz CT molecular complexity index is 750. The van der Waals surface area contributed by atoms with Gasteiger partial charge in [-0.3, -0.25) is 10.0 Å². The van der Waals surface area contributed by atoms with Crippen molar-refractivity contribution in [2.75, 3.05) is 6.54 Å². The second-order valence-electron chi connectivity index (χ2n) is 6.80. The minimum atomic E-state index is -0.545. The third-order valence-electron chi connectivity index (χ3n) is 4.25. The summed E-state index contributed by atoms with van der Waals surface area (Å²) in [5, 5.41) is 12.0. The van der Waals surface area contributed by atoms with Crippen LogP contribution in [0, 0.1) is 0 Å². The van der Waals surface area contributed by atoms with Gasteiger partial charge >= 0.3 is 0 Å². The predicted molar refractivity (Wildman–Crippen MR) is 105 cm³/mol. The number of hydrogen-bond donors (Lipinski definition) is 3. The number of aromatic nitrogens is 2. The van der Waals surface area contributed by atoms with Gasteiger partial charge in [-0.05, 0) is 43.2 Å². The van der Waals surface area contributed by atoms with Crippen molar-refractivity contribution in [1.82, 2.24) is 20.3 Å². The van der Waals surface area contributed by atoms with E-state index in [0.717, 1.165) is 61.2 Å². The average Bonchev–Trinajstić information content (AvgIpc) is 2.98. The zero-order valence-electron chi connectivity index (χ0n) is 16.0. The first-order chi connectivity index (χ1) is 12.5. The summed E-state index contributed by atoms with van der Waals surface area (Å²) in [4.78, 5) is 16.0. The number of benzene rings is 1. The SMILES string of the molecule is CCCCc1nc2cc(/C=C/C(=O)NO)ccc2n1CCCNC(C)C. The molecule has 1 heterocycles. The molecule has 0 spiro atoms. The molecule has 0 aliphatic rings. The van der Waals surface area contributed by atoms with E-state index in [0.29, 0.717) is 6.04 Å². The van der Waals surface area contributed by atoms with Gasteiger partial charge in [0.25, 0.3) is 5.91 Å². The summed E-state index contributed by atoms with van der Waals surface area (Å²) in [5.74, 6) is 0.581. The molecule has 2 aromatic rings. The zero-order chi connectivity index (χ0) is 18.9. The Morgan fingerprint density at radius 2 is 2.15 bits per heavy atom. The monoisotopic (exact) mass is 358 g/mol. The number of carbonyl (C=O) groups excluding carboxylic acids is 1. The van der Waals surface area contributed by atoms with Crippen LogP contribution in [0.1, 0.15) is 51.4 Å². The molecule has 2 rings (SSSR count). The Morgan fingerprint density at radius 1 is 1.35 bits per heavy atom. The molecule has 6 heteroatoms. The minimum absolute atomic E-state index is 0.500. The van der Waals surface area contributed by atoms with Crippen molar-refractivity contribution in [2.24, 2.45) is 0 Å². The van der Waals surface area contributed by atoms with Crippen molar-refractivity contribution < 1.29 is 10.0 Å². The first-order valence-electron chi connectivity index (χ1n) is 9.39. The van der Waals surface area contributed by atoms with Gasteiger partial charge in [0.15, 0.2) is 0 Å². The highest BCUT2D eigenvalue weighted by Gasteiger charge is 2.10. The average molecular weight is 358 g/mol. The lowest BCUT2D eigenvalue weighted by Gasteiger charge is -2.11. The Kier molecular flexibility index (Phi) is 7.81. The van der Waals surface area contributed by atoms with Crippen LogP contribution in [0.2, 0.25) is 0 Å². The molecule has 0 saturated heterocycles. The van der Waals surface area contributed by atoms with Crippen LogP contribution < -0.4 is 10.8 Å². The van der Waals surface area contributed by atoms with E-state index in [1.54, 1.807) is 11.6 Å². The summed E-state index contributed by atoms with van der Waals surface area (Å²) in [6.07, 6.45) is 7.26. The highest BCUT2D eigenvalue weighted by atomic mass is 16.5. The molecule has 0 aliphatic carbocycles. The fourth-order valence-corrected chi connectivity index (χ4v) is 2.91. The zero-order valence-corrected chi connectivity index (χ0v) is 16.0. The largest absolute Gasteiger partial charge is 0.328 e. The molecule has 1 aromatic carbocycles. The number of carbonyl (C=O) groups is 1. The number of hydroxylamine groups is 1. The quantitative estimate of drug-likeness (QED) is 0.264. The van der Waals surface area contributed by atoms with Crippen LogP contribution in [0.4, 0.5) is 0 Å². The molecule has 3 N–H and O–H groups in total. The van der Waals surface area contributed by atoms with E-state index in [1.165, 1.54) is 6.08 Å². The van der Waals surface area contributed by atoms with Crippen LogP contribution >= 0.6 is 0 Å². The maximum absolute atomic E-state index is 11.1. The van der Waals surface area contributed by atoms with Gasteiger partial charge in [-0.1, -0.05) is 33.3 Å². The third kappa shape index (κ3) is 5.68. The third-order valence-corrected chi connectivity index (χ3v) is 4.25. The number of unbranched alkanes of at least 4 members (excludes halogenated alkanes) is 1. The first-order valence-corrected chi connectivity index (χ1v) is 9.39. The van der Waals surface area contributed by atoms with E-state index in [1.807, 2.05) is 12.1 Å². The fourth-order valence-electron chi connectivity index (χ4n) is 2.91. The number of hydrogen-bond acceptors (Lipinski definition) is 4. The minimum Gasteiger partial charge on any atom is -0.328 e. The van der Waals surface area contributed by atoms with Crippen molar-refractivity contribution in [3.05, 3.63) is 35.7 Å². The number of nitrogens with one attached hydrogen (secondary N) is 2. The number of amides is 1. The smallest absolute Gasteiger partial charge is 0.267 e. The molecule has 0 fully saturated rings. The maximum atomic E-state index is 11.1. The predicted octanol–water partition coefficient (Wildman–Crippen LogP) is 3.29. The lowest BCUT2D eigenvalue weighted by Crippen LogP contribution is -2.24. The molecule has 0 atom stereocenters. The van der Waals surface area contributed by atoms with Crippen molar-refractivity contribution in [1.29, 1.82) is 0 Å². The highest BCUT2D eigenvalue weighted by molar-refractivity contribution is 5.91. The number of rotatable bonds is 10. The second-order valence-corrected chi connectivity index (χ2v) is 6.80. The molecule has 0 aliphatic heterocycles. The normalized spacial score (nSPS) is 11.7. The molecule has 0 radical (unpaired) electrons. The van der Waals surface area contributed by atoms with Crippen molar-refractivity contribution in [2.45, 2.75) is 59.0 Å². The summed E-state index contributed by atoms with van der Waals surface area (Å²) >= 11 is 0. The molecule has 0 saturated carbocycles. The second kappa shape index (κ2) is 10.1. The Morgan fingerprint density at radius 3 is 2.85 bits per heavy atom. The standard InChI is InChI=1S/C20H30N4O2/c1-4-5-7-19-22-17-14-16(9-11-20(25)23-26)8-10-18(17)24(19)13-6-12-21-15(2)3/h8-11,14-15,21,26H,4-7,12-13H2,1-3H3,(H,23,25)/b11-9+. The van der Waals surface area contributed by atoms with Crippen molar-refractivity contribution >= 4 is 23.0 Å². The lowest BCUT2D eigenvalue weighted by atomic mass is 10.2. The first kappa shape index (κ1) is 20.1. The summed E-state index contributed by atoms with van der Waals surface area (Å²) in [5.41, 5.74) is 4.55. The Labute approximate surface area is 155 Å². The van der Waals surface area contributed by atoms with E-state index >= 15 is 0 Å². The van der Waals surface area contributed by atoms with Crippen molar-refractivity contribution in [3.8, 4) is 0 Å². The van der Waals surface area contributed by atoms with Gasteiger partial charge in [0.1, 0.15) is 5.82 Å². The van der Waals surface area contributed by atoms with Gasteiger partial charge in [0.05, 0.1) is 11.0 Å². The molecule has 142 valence electrons. The van der Waals surface area contributed by atoms with Crippen LogP contribution in [0.25, 0.3) is 17.1 Å². The van der Waals surface area contributed by atoms with E-state index in [4.69, 9.17) is 10.2 Å².